The van der Waals surface area contributed by atoms with Gasteiger partial charge in [0.1, 0.15) is 17.8 Å². The van der Waals surface area contributed by atoms with Crippen molar-refractivity contribution in [1.82, 2.24) is 15.3 Å². The predicted octanol–water partition coefficient (Wildman–Crippen LogP) is 1.28. The average Bonchev–Trinajstić information content (AvgIpc) is 2.37. The second-order valence-electron chi connectivity index (χ2n) is 5.50. The summed E-state index contributed by atoms with van der Waals surface area (Å²) < 4.78 is 0. The Morgan fingerprint density at radius 2 is 1.94 bits per heavy atom. The minimum Gasteiger partial charge on any atom is -0.354 e. The van der Waals surface area contributed by atoms with Crippen LogP contribution in [-0.4, -0.2) is 36.1 Å². The molecule has 0 amide bonds. The zero-order valence-electron chi connectivity index (χ0n) is 11.3. The summed E-state index contributed by atoms with van der Waals surface area (Å²) in [6.07, 6.45) is 1.60. The molecule has 1 saturated heterocycles. The molecule has 0 spiro atoms. The van der Waals surface area contributed by atoms with Gasteiger partial charge in [-0.15, -0.1) is 0 Å². The van der Waals surface area contributed by atoms with Crippen LogP contribution in [0.15, 0.2) is 12.4 Å². The number of anilines is 1. The highest BCUT2D eigenvalue weighted by Crippen LogP contribution is 2.13. The molecule has 0 saturated carbocycles. The normalized spacial score (nSPS) is 16.1. The zero-order valence-corrected chi connectivity index (χ0v) is 11.3. The summed E-state index contributed by atoms with van der Waals surface area (Å²) in [5.41, 5.74) is 0.800. The van der Waals surface area contributed by atoms with Gasteiger partial charge in [0.05, 0.1) is 0 Å². The monoisotopic (exact) mass is 244 g/mol. The third-order valence-corrected chi connectivity index (χ3v) is 2.66. The first kappa shape index (κ1) is 12.8. The van der Waals surface area contributed by atoms with E-state index in [4.69, 9.17) is 0 Å². The van der Waals surface area contributed by atoms with E-state index < -0.39 is 0 Å². The van der Waals surface area contributed by atoms with Crippen molar-refractivity contribution in [3.05, 3.63) is 18.1 Å². The van der Waals surface area contributed by atoms with Crippen molar-refractivity contribution in [3.63, 3.8) is 0 Å². The molecule has 2 rings (SSSR count). The molecule has 0 aliphatic carbocycles. The minimum absolute atomic E-state index is 0.000156. The van der Waals surface area contributed by atoms with Crippen molar-refractivity contribution < 1.29 is 0 Å². The van der Waals surface area contributed by atoms with E-state index in [-0.39, 0.29) is 5.41 Å². The number of hydrogen-bond donors (Lipinski definition) is 1. The van der Waals surface area contributed by atoms with Gasteiger partial charge in [0, 0.05) is 37.7 Å². The molecule has 18 heavy (non-hydrogen) atoms. The maximum atomic E-state index is 4.33. The van der Waals surface area contributed by atoms with E-state index >= 15 is 0 Å². The lowest BCUT2D eigenvalue weighted by molar-refractivity contribution is 0.571. The maximum Gasteiger partial charge on any atom is 0.133 e. The van der Waals surface area contributed by atoms with Gasteiger partial charge in [-0.1, -0.05) is 5.92 Å². The van der Waals surface area contributed by atoms with Crippen LogP contribution in [0.4, 0.5) is 5.82 Å². The fraction of sp³-hybridized carbons (Fsp3) is 0.571. The molecule has 1 fully saturated rings. The topological polar surface area (TPSA) is 41.0 Å². The summed E-state index contributed by atoms with van der Waals surface area (Å²) in [7, 11) is 0. The molecular weight excluding hydrogens is 224 g/mol. The van der Waals surface area contributed by atoms with Crippen LogP contribution in [-0.2, 0) is 0 Å². The highest BCUT2D eigenvalue weighted by molar-refractivity contribution is 5.44. The Labute approximate surface area is 109 Å². The van der Waals surface area contributed by atoms with Gasteiger partial charge < -0.3 is 10.2 Å². The lowest BCUT2D eigenvalue weighted by atomic mass is 9.98. The zero-order chi connectivity index (χ0) is 13.0. The summed E-state index contributed by atoms with van der Waals surface area (Å²) in [5.74, 6) is 7.29. The van der Waals surface area contributed by atoms with E-state index in [1.807, 2.05) is 6.07 Å². The second-order valence-corrected chi connectivity index (χ2v) is 5.50. The van der Waals surface area contributed by atoms with Crippen LogP contribution in [0.25, 0.3) is 0 Å². The van der Waals surface area contributed by atoms with E-state index in [2.05, 4.69) is 52.8 Å². The average molecular weight is 244 g/mol. The highest BCUT2D eigenvalue weighted by Gasteiger charge is 2.12. The van der Waals surface area contributed by atoms with Crippen molar-refractivity contribution in [2.45, 2.75) is 20.8 Å². The Hall–Kier alpha value is -1.60. The van der Waals surface area contributed by atoms with Crippen LogP contribution in [0.2, 0.25) is 0 Å². The standard InChI is InChI=1S/C14H20N4/c1-14(2,3)5-4-12-10-13(17-11-16-12)18-8-6-15-7-9-18/h10-11,15H,6-9H2,1-3H3. The molecule has 1 aromatic heterocycles. The van der Waals surface area contributed by atoms with Crippen LogP contribution >= 0.6 is 0 Å². The number of aromatic nitrogens is 2. The van der Waals surface area contributed by atoms with Gasteiger partial charge >= 0.3 is 0 Å². The van der Waals surface area contributed by atoms with E-state index in [0.717, 1.165) is 37.7 Å². The first-order chi connectivity index (χ1) is 8.54. The molecule has 0 aromatic carbocycles. The van der Waals surface area contributed by atoms with Crippen molar-refractivity contribution in [2.24, 2.45) is 5.41 Å². The Balaban J connectivity index is 2.16. The second kappa shape index (κ2) is 5.36. The maximum absolute atomic E-state index is 4.33. The number of nitrogens with one attached hydrogen (secondary N) is 1. The number of piperazine rings is 1. The fourth-order valence-electron chi connectivity index (χ4n) is 1.73. The van der Waals surface area contributed by atoms with Gasteiger partial charge in [-0.2, -0.15) is 0 Å². The van der Waals surface area contributed by atoms with Gasteiger partial charge in [0.2, 0.25) is 0 Å². The number of rotatable bonds is 1. The molecule has 1 N–H and O–H groups in total. The van der Waals surface area contributed by atoms with Crippen LogP contribution in [0.1, 0.15) is 26.5 Å². The first-order valence-electron chi connectivity index (χ1n) is 6.35. The van der Waals surface area contributed by atoms with Crippen LogP contribution < -0.4 is 10.2 Å². The van der Waals surface area contributed by atoms with Gasteiger partial charge in [0.25, 0.3) is 0 Å². The van der Waals surface area contributed by atoms with E-state index in [9.17, 15) is 0 Å². The summed E-state index contributed by atoms with van der Waals surface area (Å²) in [5, 5.41) is 3.33. The molecule has 1 aliphatic rings. The van der Waals surface area contributed by atoms with Gasteiger partial charge in [-0.05, 0) is 26.7 Å². The molecule has 0 bridgehead atoms. The largest absolute Gasteiger partial charge is 0.354 e. The van der Waals surface area contributed by atoms with E-state index in [1.165, 1.54) is 0 Å². The fourth-order valence-corrected chi connectivity index (χ4v) is 1.73. The minimum atomic E-state index is 0.000156. The van der Waals surface area contributed by atoms with Crippen LogP contribution in [0, 0.1) is 17.3 Å². The first-order valence-corrected chi connectivity index (χ1v) is 6.35. The molecule has 4 nitrogen and oxygen atoms in total. The molecule has 4 heteroatoms. The summed E-state index contributed by atoms with van der Waals surface area (Å²) >= 11 is 0. The lowest BCUT2D eigenvalue weighted by Crippen LogP contribution is -2.43. The Kier molecular flexibility index (Phi) is 3.83. The molecule has 0 radical (unpaired) electrons. The van der Waals surface area contributed by atoms with E-state index in [1.54, 1.807) is 6.33 Å². The lowest BCUT2D eigenvalue weighted by Gasteiger charge is -2.28. The highest BCUT2D eigenvalue weighted by atomic mass is 15.2. The summed E-state index contributed by atoms with van der Waals surface area (Å²) in [6, 6.07) is 1.98. The van der Waals surface area contributed by atoms with Crippen molar-refractivity contribution in [3.8, 4) is 11.8 Å². The molecule has 96 valence electrons. The van der Waals surface area contributed by atoms with Crippen molar-refractivity contribution >= 4 is 5.82 Å². The van der Waals surface area contributed by atoms with Gasteiger partial charge in [-0.25, -0.2) is 9.97 Å². The van der Waals surface area contributed by atoms with Crippen molar-refractivity contribution in [2.75, 3.05) is 31.1 Å². The number of hydrogen-bond acceptors (Lipinski definition) is 4. The summed E-state index contributed by atoms with van der Waals surface area (Å²) in [6.45, 7) is 10.3. The summed E-state index contributed by atoms with van der Waals surface area (Å²) in [4.78, 5) is 10.8. The molecular formula is C14H20N4. The van der Waals surface area contributed by atoms with Crippen molar-refractivity contribution in [1.29, 1.82) is 0 Å². The smallest absolute Gasteiger partial charge is 0.133 e. The Morgan fingerprint density at radius 1 is 1.22 bits per heavy atom. The quantitative estimate of drug-likeness (QED) is 0.756. The van der Waals surface area contributed by atoms with E-state index in [0.29, 0.717) is 0 Å². The molecule has 2 heterocycles. The van der Waals surface area contributed by atoms with Crippen LogP contribution in [0.3, 0.4) is 0 Å². The Morgan fingerprint density at radius 3 is 2.61 bits per heavy atom. The molecule has 1 aliphatic heterocycles. The third kappa shape index (κ3) is 3.71. The third-order valence-electron chi connectivity index (χ3n) is 2.66. The van der Waals surface area contributed by atoms with Gasteiger partial charge in [0.15, 0.2) is 0 Å². The Bertz CT molecular complexity index is 459. The molecule has 0 unspecified atom stereocenters. The number of nitrogens with zero attached hydrogens (tertiary/aromatic N) is 3. The van der Waals surface area contributed by atoms with Crippen LogP contribution in [0.5, 0.6) is 0 Å². The molecule has 1 aromatic rings. The van der Waals surface area contributed by atoms with Gasteiger partial charge in [-0.3, -0.25) is 0 Å². The predicted molar refractivity (Wildman–Crippen MR) is 73.4 cm³/mol. The SMILES string of the molecule is CC(C)(C)C#Cc1cc(N2CCNCC2)ncn1. The molecule has 0 atom stereocenters.